The fourth-order valence-corrected chi connectivity index (χ4v) is 2.59. The van der Waals surface area contributed by atoms with E-state index < -0.39 is 10.7 Å². The third kappa shape index (κ3) is 3.20. The minimum absolute atomic E-state index is 0.0808. The number of aliphatic hydroxyl groups excluding tert-OH is 1. The Morgan fingerprint density at radius 1 is 1.37 bits per heavy atom. The van der Waals surface area contributed by atoms with Crippen LogP contribution in [0.3, 0.4) is 0 Å². The second-order valence-corrected chi connectivity index (χ2v) is 5.17. The van der Waals surface area contributed by atoms with Crippen LogP contribution >= 0.6 is 0 Å². The molecule has 0 saturated heterocycles. The summed E-state index contributed by atoms with van der Waals surface area (Å²) >= 11 is 0. The summed E-state index contributed by atoms with van der Waals surface area (Å²) in [6.07, 6.45) is 4.00. The molecule has 19 heavy (non-hydrogen) atoms. The number of hydrogen-bond donors (Lipinski definition) is 2. The minimum atomic E-state index is -0.638. The standard InChI is InChI=1S/C13H17FN2O3/c14-10-5-11(7-12(6-10)16(18)19)15-8-13(9-17)3-1-2-4-13/h5-7,15,17H,1-4,8-9H2. The van der Waals surface area contributed by atoms with Crippen molar-refractivity contribution < 1.29 is 14.4 Å². The smallest absolute Gasteiger partial charge is 0.274 e. The van der Waals surface area contributed by atoms with Crippen molar-refractivity contribution in [2.75, 3.05) is 18.5 Å². The topological polar surface area (TPSA) is 75.4 Å². The molecule has 1 aliphatic carbocycles. The number of aliphatic hydroxyl groups is 1. The summed E-state index contributed by atoms with van der Waals surface area (Å²) in [5.74, 6) is -0.638. The van der Waals surface area contributed by atoms with Crippen molar-refractivity contribution >= 4 is 11.4 Å². The number of hydrogen-bond acceptors (Lipinski definition) is 4. The number of benzene rings is 1. The number of non-ortho nitro benzene ring substituents is 1. The molecule has 0 bridgehead atoms. The van der Waals surface area contributed by atoms with Gasteiger partial charge in [0.1, 0.15) is 5.82 Å². The predicted octanol–water partition coefficient (Wildman–Crippen LogP) is 2.70. The molecule has 0 amide bonds. The number of halogens is 1. The second-order valence-electron chi connectivity index (χ2n) is 5.17. The van der Waals surface area contributed by atoms with Gasteiger partial charge in [0.15, 0.2) is 0 Å². The Balaban J connectivity index is 2.08. The number of nitrogens with one attached hydrogen (secondary N) is 1. The van der Waals surface area contributed by atoms with Crippen LogP contribution in [0.5, 0.6) is 0 Å². The molecule has 0 atom stereocenters. The van der Waals surface area contributed by atoms with Gasteiger partial charge < -0.3 is 10.4 Å². The van der Waals surface area contributed by atoms with E-state index >= 15 is 0 Å². The van der Waals surface area contributed by atoms with Gasteiger partial charge in [0, 0.05) is 23.7 Å². The molecule has 0 radical (unpaired) electrons. The molecule has 0 unspecified atom stereocenters. The molecule has 6 heteroatoms. The first-order chi connectivity index (χ1) is 9.04. The van der Waals surface area contributed by atoms with E-state index in [-0.39, 0.29) is 17.7 Å². The van der Waals surface area contributed by atoms with Crippen molar-refractivity contribution in [2.24, 2.45) is 5.41 Å². The van der Waals surface area contributed by atoms with E-state index in [1.54, 1.807) is 0 Å². The summed E-state index contributed by atoms with van der Waals surface area (Å²) in [6.45, 7) is 0.585. The summed E-state index contributed by atoms with van der Waals surface area (Å²) in [7, 11) is 0. The zero-order valence-corrected chi connectivity index (χ0v) is 10.6. The average molecular weight is 268 g/mol. The van der Waals surface area contributed by atoms with Crippen LogP contribution in [0.15, 0.2) is 18.2 Å². The third-order valence-electron chi connectivity index (χ3n) is 3.76. The Morgan fingerprint density at radius 2 is 2.05 bits per heavy atom. The second kappa shape index (κ2) is 5.52. The number of rotatable bonds is 5. The zero-order chi connectivity index (χ0) is 13.9. The summed E-state index contributed by atoms with van der Waals surface area (Å²) < 4.78 is 13.3. The lowest BCUT2D eigenvalue weighted by Gasteiger charge is -2.27. The molecule has 1 aliphatic rings. The van der Waals surface area contributed by atoms with E-state index in [1.807, 2.05) is 0 Å². The highest BCUT2D eigenvalue weighted by Gasteiger charge is 2.32. The van der Waals surface area contributed by atoms with Crippen molar-refractivity contribution in [3.8, 4) is 0 Å². The van der Waals surface area contributed by atoms with Crippen LogP contribution in [0.1, 0.15) is 25.7 Å². The molecule has 5 nitrogen and oxygen atoms in total. The van der Waals surface area contributed by atoms with Gasteiger partial charge in [-0.3, -0.25) is 10.1 Å². The maximum absolute atomic E-state index is 13.3. The molecule has 0 aliphatic heterocycles. The van der Waals surface area contributed by atoms with Gasteiger partial charge in [-0.05, 0) is 18.9 Å². The monoisotopic (exact) mass is 268 g/mol. The summed E-state index contributed by atoms with van der Waals surface area (Å²) in [6, 6.07) is 3.43. The summed E-state index contributed by atoms with van der Waals surface area (Å²) in [5.41, 5.74) is -0.0698. The van der Waals surface area contributed by atoms with Crippen LogP contribution in [0, 0.1) is 21.3 Å². The predicted molar refractivity (Wildman–Crippen MR) is 69.5 cm³/mol. The van der Waals surface area contributed by atoms with E-state index in [0.717, 1.165) is 31.7 Å². The molecule has 0 spiro atoms. The average Bonchev–Trinajstić information content (AvgIpc) is 2.85. The van der Waals surface area contributed by atoms with Crippen LogP contribution in [0.4, 0.5) is 15.8 Å². The molecule has 2 rings (SSSR count). The Morgan fingerprint density at radius 3 is 2.63 bits per heavy atom. The van der Waals surface area contributed by atoms with Gasteiger partial charge in [0.2, 0.25) is 0 Å². The highest BCUT2D eigenvalue weighted by Crippen LogP contribution is 2.37. The highest BCUT2D eigenvalue weighted by atomic mass is 19.1. The normalized spacial score (nSPS) is 17.4. The summed E-state index contributed by atoms with van der Waals surface area (Å²) in [5, 5.41) is 23.1. The van der Waals surface area contributed by atoms with Gasteiger partial charge in [0.05, 0.1) is 17.6 Å². The quantitative estimate of drug-likeness (QED) is 0.636. The fraction of sp³-hybridized carbons (Fsp3) is 0.538. The molecule has 1 aromatic rings. The molecule has 1 fully saturated rings. The van der Waals surface area contributed by atoms with Crippen molar-refractivity contribution in [3.05, 3.63) is 34.1 Å². The Labute approximate surface area is 110 Å². The van der Waals surface area contributed by atoms with E-state index in [2.05, 4.69) is 5.32 Å². The van der Waals surface area contributed by atoms with Crippen LogP contribution in [0.25, 0.3) is 0 Å². The molecule has 104 valence electrons. The molecule has 0 heterocycles. The van der Waals surface area contributed by atoms with Crippen molar-refractivity contribution in [1.29, 1.82) is 0 Å². The van der Waals surface area contributed by atoms with Crippen molar-refractivity contribution in [3.63, 3.8) is 0 Å². The van der Waals surface area contributed by atoms with E-state index in [1.165, 1.54) is 12.1 Å². The van der Waals surface area contributed by atoms with E-state index in [0.29, 0.717) is 12.2 Å². The maximum Gasteiger partial charge on any atom is 0.274 e. The SMILES string of the molecule is O=[N+]([O-])c1cc(F)cc(NCC2(CO)CCCC2)c1. The lowest BCUT2D eigenvalue weighted by Crippen LogP contribution is -2.30. The first-order valence-corrected chi connectivity index (χ1v) is 6.34. The number of nitrogens with zero attached hydrogens (tertiary/aromatic N) is 1. The van der Waals surface area contributed by atoms with Gasteiger partial charge in [-0.2, -0.15) is 0 Å². The van der Waals surface area contributed by atoms with Crippen LogP contribution in [0.2, 0.25) is 0 Å². The summed E-state index contributed by atoms with van der Waals surface area (Å²) in [4.78, 5) is 10.0. The molecule has 2 N–H and O–H groups in total. The van der Waals surface area contributed by atoms with Crippen LogP contribution < -0.4 is 5.32 Å². The number of anilines is 1. The Kier molecular flexibility index (Phi) is 3.99. The highest BCUT2D eigenvalue weighted by molar-refractivity contribution is 5.51. The van der Waals surface area contributed by atoms with Crippen LogP contribution in [-0.4, -0.2) is 23.2 Å². The van der Waals surface area contributed by atoms with Gasteiger partial charge in [0.25, 0.3) is 5.69 Å². The molecular formula is C13H17FN2O3. The minimum Gasteiger partial charge on any atom is -0.396 e. The fourth-order valence-electron chi connectivity index (χ4n) is 2.59. The lowest BCUT2D eigenvalue weighted by molar-refractivity contribution is -0.385. The van der Waals surface area contributed by atoms with Gasteiger partial charge >= 0.3 is 0 Å². The van der Waals surface area contributed by atoms with Gasteiger partial charge in [-0.15, -0.1) is 0 Å². The van der Waals surface area contributed by atoms with Gasteiger partial charge in [-0.25, -0.2) is 4.39 Å². The number of nitro benzene ring substituents is 1. The molecule has 0 aromatic heterocycles. The van der Waals surface area contributed by atoms with Gasteiger partial charge in [-0.1, -0.05) is 12.8 Å². The maximum atomic E-state index is 13.3. The Hall–Kier alpha value is -1.69. The largest absolute Gasteiger partial charge is 0.396 e. The third-order valence-corrected chi connectivity index (χ3v) is 3.76. The molecular weight excluding hydrogens is 251 g/mol. The first-order valence-electron chi connectivity index (χ1n) is 6.34. The number of nitro groups is 1. The van der Waals surface area contributed by atoms with E-state index in [9.17, 15) is 19.6 Å². The lowest BCUT2D eigenvalue weighted by atomic mass is 9.87. The zero-order valence-electron chi connectivity index (χ0n) is 10.6. The van der Waals surface area contributed by atoms with Crippen LogP contribution in [-0.2, 0) is 0 Å². The van der Waals surface area contributed by atoms with Crippen molar-refractivity contribution in [2.45, 2.75) is 25.7 Å². The molecule has 1 saturated carbocycles. The molecule has 1 aromatic carbocycles. The Bertz CT molecular complexity index is 473. The van der Waals surface area contributed by atoms with Crippen molar-refractivity contribution in [1.82, 2.24) is 0 Å². The van der Waals surface area contributed by atoms with E-state index in [4.69, 9.17) is 0 Å². The first kappa shape index (κ1) is 13.7.